The maximum Gasteiger partial charge on any atom is 0.238 e. The van der Waals surface area contributed by atoms with Crippen molar-refractivity contribution in [2.45, 2.75) is 18.8 Å². The molecule has 7 heteroatoms. The van der Waals surface area contributed by atoms with Crippen molar-refractivity contribution in [2.24, 2.45) is 0 Å². The van der Waals surface area contributed by atoms with Gasteiger partial charge in [0.05, 0.1) is 27.6 Å². The number of nitrogens with zero attached hydrogens (tertiary/aromatic N) is 2. The lowest BCUT2D eigenvalue weighted by Crippen LogP contribution is -2.40. The molecule has 3 aromatic rings. The fourth-order valence-corrected chi connectivity index (χ4v) is 3.86. The molecular formula is C20H20Cl2N4O. The van der Waals surface area contributed by atoms with Crippen LogP contribution in [0, 0.1) is 0 Å². The van der Waals surface area contributed by atoms with Gasteiger partial charge in [-0.1, -0.05) is 35.3 Å². The zero-order valence-electron chi connectivity index (χ0n) is 14.7. The van der Waals surface area contributed by atoms with Crippen molar-refractivity contribution in [1.29, 1.82) is 0 Å². The number of imidazole rings is 1. The van der Waals surface area contributed by atoms with E-state index < -0.39 is 0 Å². The van der Waals surface area contributed by atoms with E-state index in [4.69, 9.17) is 28.2 Å². The molecule has 0 radical (unpaired) electrons. The molecule has 27 heavy (non-hydrogen) atoms. The first-order chi connectivity index (χ1) is 13.1. The van der Waals surface area contributed by atoms with Crippen LogP contribution in [-0.2, 0) is 4.79 Å². The predicted molar refractivity (Wildman–Crippen MR) is 110 cm³/mol. The van der Waals surface area contributed by atoms with Crippen molar-refractivity contribution in [3.8, 4) is 0 Å². The van der Waals surface area contributed by atoms with Crippen molar-refractivity contribution in [3.63, 3.8) is 0 Å². The fourth-order valence-electron chi connectivity index (χ4n) is 3.57. The van der Waals surface area contributed by atoms with Gasteiger partial charge in [0.25, 0.3) is 0 Å². The average Bonchev–Trinajstić information content (AvgIpc) is 3.09. The van der Waals surface area contributed by atoms with E-state index in [1.165, 1.54) is 0 Å². The van der Waals surface area contributed by atoms with Crippen LogP contribution in [-0.4, -0.2) is 40.4 Å². The zero-order valence-corrected chi connectivity index (χ0v) is 16.2. The number of H-pyrrole nitrogens is 1. The van der Waals surface area contributed by atoms with Crippen molar-refractivity contribution < 1.29 is 4.79 Å². The molecule has 4 rings (SSSR count). The number of amides is 1. The number of carbonyl (C=O) groups is 1. The maximum absolute atomic E-state index is 12.4. The van der Waals surface area contributed by atoms with Crippen LogP contribution in [0.4, 0.5) is 5.69 Å². The van der Waals surface area contributed by atoms with Crippen LogP contribution < -0.4 is 5.32 Å². The highest BCUT2D eigenvalue weighted by Crippen LogP contribution is 2.27. The maximum atomic E-state index is 12.4. The normalized spacial score (nSPS) is 17.9. The van der Waals surface area contributed by atoms with Crippen molar-refractivity contribution in [3.05, 3.63) is 58.3 Å². The Morgan fingerprint density at radius 1 is 1.22 bits per heavy atom. The number of anilines is 1. The van der Waals surface area contributed by atoms with Crippen LogP contribution in [0.25, 0.3) is 11.0 Å². The molecule has 0 saturated carbocycles. The summed E-state index contributed by atoms with van der Waals surface area (Å²) < 4.78 is 0. The number of halogens is 2. The topological polar surface area (TPSA) is 61.0 Å². The summed E-state index contributed by atoms with van der Waals surface area (Å²) in [5, 5.41) is 3.79. The summed E-state index contributed by atoms with van der Waals surface area (Å²) in [6.07, 6.45) is 2.12. The van der Waals surface area contributed by atoms with Crippen LogP contribution >= 0.6 is 23.2 Å². The van der Waals surface area contributed by atoms with Crippen LogP contribution in [0.15, 0.2) is 42.5 Å². The van der Waals surface area contributed by atoms with Gasteiger partial charge in [-0.3, -0.25) is 9.69 Å². The number of piperidine rings is 1. The summed E-state index contributed by atoms with van der Waals surface area (Å²) in [5.74, 6) is 1.26. The Kier molecular flexibility index (Phi) is 5.34. The van der Waals surface area contributed by atoms with E-state index >= 15 is 0 Å². The number of benzene rings is 2. The summed E-state index contributed by atoms with van der Waals surface area (Å²) in [5.41, 5.74) is 2.70. The molecule has 2 aromatic carbocycles. The van der Waals surface area contributed by atoms with E-state index in [0.29, 0.717) is 28.2 Å². The van der Waals surface area contributed by atoms with Gasteiger partial charge in [-0.25, -0.2) is 4.98 Å². The van der Waals surface area contributed by atoms with Gasteiger partial charge in [0, 0.05) is 18.2 Å². The number of nitrogens with one attached hydrogen (secondary N) is 2. The van der Waals surface area contributed by atoms with Gasteiger partial charge in [0.15, 0.2) is 0 Å². The molecule has 140 valence electrons. The van der Waals surface area contributed by atoms with Gasteiger partial charge in [-0.05, 0) is 49.7 Å². The minimum Gasteiger partial charge on any atom is -0.342 e. The molecule has 1 aliphatic heterocycles. The summed E-state index contributed by atoms with van der Waals surface area (Å²) in [4.78, 5) is 22.7. The van der Waals surface area contributed by atoms with Gasteiger partial charge in [-0.2, -0.15) is 0 Å². The van der Waals surface area contributed by atoms with Crippen molar-refractivity contribution in [2.75, 3.05) is 25.0 Å². The van der Waals surface area contributed by atoms with Crippen LogP contribution in [0.2, 0.25) is 10.0 Å². The Labute approximate surface area is 167 Å². The second kappa shape index (κ2) is 7.89. The van der Waals surface area contributed by atoms with Crippen molar-refractivity contribution in [1.82, 2.24) is 14.9 Å². The van der Waals surface area contributed by atoms with E-state index in [1.807, 2.05) is 24.3 Å². The fraction of sp³-hybridized carbons (Fsp3) is 0.300. The molecule has 1 saturated heterocycles. The third-order valence-corrected chi connectivity index (χ3v) is 5.61. The SMILES string of the molecule is O=C(CN1CCC[C@@H](c2nc3ccccc3[nH]2)C1)Nc1ccc(Cl)c(Cl)c1. The van der Waals surface area contributed by atoms with E-state index in [9.17, 15) is 4.79 Å². The minimum atomic E-state index is -0.0568. The minimum absolute atomic E-state index is 0.0568. The molecule has 2 N–H and O–H groups in total. The molecular weight excluding hydrogens is 383 g/mol. The first kappa shape index (κ1) is 18.3. The van der Waals surface area contributed by atoms with Crippen LogP contribution in [0.3, 0.4) is 0 Å². The highest BCUT2D eigenvalue weighted by Gasteiger charge is 2.25. The molecule has 0 spiro atoms. The third kappa shape index (κ3) is 4.26. The van der Waals surface area contributed by atoms with E-state index in [1.54, 1.807) is 18.2 Å². The Morgan fingerprint density at radius 2 is 2.07 bits per heavy atom. The number of aromatic nitrogens is 2. The lowest BCUT2D eigenvalue weighted by Gasteiger charge is -2.31. The molecule has 1 amide bonds. The molecule has 1 atom stereocenters. The Bertz CT molecular complexity index is 939. The van der Waals surface area contributed by atoms with Gasteiger partial charge >= 0.3 is 0 Å². The number of rotatable bonds is 4. The molecule has 0 aliphatic carbocycles. The first-order valence-electron chi connectivity index (χ1n) is 9.00. The van der Waals surface area contributed by atoms with Gasteiger partial charge in [-0.15, -0.1) is 0 Å². The van der Waals surface area contributed by atoms with E-state index in [2.05, 4.69) is 15.2 Å². The summed E-state index contributed by atoms with van der Waals surface area (Å²) in [7, 11) is 0. The standard InChI is InChI=1S/C20H20Cl2N4O/c21-15-8-7-14(10-16(15)22)23-19(27)12-26-9-3-4-13(11-26)20-24-17-5-1-2-6-18(17)25-20/h1-2,5-8,10,13H,3-4,9,11-12H2,(H,23,27)(H,24,25)/t13-/m1/s1. The highest BCUT2D eigenvalue weighted by atomic mass is 35.5. The smallest absolute Gasteiger partial charge is 0.238 e. The van der Waals surface area contributed by atoms with Crippen LogP contribution in [0.1, 0.15) is 24.6 Å². The number of para-hydroxylation sites is 2. The molecule has 0 unspecified atom stereocenters. The van der Waals surface area contributed by atoms with Gasteiger partial charge in [0.2, 0.25) is 5.91 Å². The number of hydrogen-bond donors (Lipinski definition) is 2. The molecule has 1 fully saturated rings. The number of fused-ring (bicyclic) bond motifs is 1. The lowest BCUT2D eigenvalue weighted by molar-refractivity contribution is -0.117. The number of aromatic amines is 1. The summed E-state index contributed by atoms with van der Waals surface area (Å²) in [6.45, 7) is 2.07. The quantitative estimate of drug-likeness (QED) is 0.665. The predicted octanol–water partition coefficient (Wildman–Crippen LogP) is 4.69. The Balaban J connectivity index is 1.39. The molecule has 0 bridgehead atoms. The Morgan fingerprint density at radius 3 is 2.89 bits per heavy atom. The second-order valence-electron chi connectivity index (χ2n) is 6.89. The average molecular weight is 403 g/mol. The summed E-state index contributed by atoms with van der Waals surface area (Å²) in [6, 6.07) is 13.1. The van der Waals surface area contributed by atoms with Gasteiger partial charge in [0.1, 0.15) is 5.82 Å². The largest absolute Gasteiger partial charge is 0.342 e. The molecule has 2 heterocycles. The first-order valence-corrected chi connectivity index (χ1v) is 9.76. The number of carbonyl (C=O) groups excluding carboxylic acids is 1. The van der Waals surface area contributed by atoms with Crippen LogP contribution in [0.5, 0.6) is 0 Å². The number of likely N-dealkylation sites (tertiary alicyclic amines) is 1. The monoisotopic (exact) mass is 402 g/mol. The van der Waals surface area contributed by atoms with Crippen molar-refractivity contribution >= 4 is 45.8 Å². The Hall–Kier alpha value is -2.08. The molecule has 1 aromatic heterocycles. The third-order valence-electron chi connectivity index (χ3n) is 4.87. The zero-order chi connectivity index (χ0) is 18.8. The summed E-state index contributed by atoms with van der Waals surface area (Å²) >= 11 is 11.9. The molecule has 1 aliphatic rings. The lowest BCUT2D eigenvalue weighted by atomic mass is 9.97. The second-order valence-corrected chi connectivity index (χ2v) is 7.70. The van der Waals surface area contributed by atoms with Gasteiger partial charge < -0.3 is 10.3 Å². The number of hydrogen-bond acceptors (Lipinski definition) is 3. The molecule has 5 nitrogen and oxygen atoms in total. The van der Waals surface area contributed by atoms with E-state index in [-0.39, 0.29) is 5.91 Å². The van der Waals surface area contributed by atoms with E-state index in [0.717, 1.165) is 42.8 Å². The highest BCUT2D eigenvalue weighted by molar-refractivity contribution is 6.42.